The summed E-state index contributed by atoms with van der Waals surface area (Å²) in [6, 6.07) is 20.6. The highest BCUT2D eigenvalue weighted by atomic mass is 32.2. The topological polar surface area (TPSA) is 101 Å². The fourth-order valence-corrected chi connectivity index (χ4v) is 6.95. The summed E-state index contributed by atoms with van der Waals surface area (Å²) in [6.45, 7) is 4.28. The number of ether oxygens (including phenoxy) is 3. The summed E-state index contributed by atoms with van der Waals surface area (Å²) < 4.78 is 17.9. The SMILES string of the molecule is COc1cc(C(=O)O)ccc1OCCCN1C(=O)/C(=C/c2cc(-c3cnc4ccccc4c3)ccc2OCCN2CCCC2)SC1=S. The van der Waals surface area contributed by atoms with Crippen molar-refractivity contribution in [2.75, 3.05) is 46.5 Å². The Labute approximate surface area is 283 Å². The van der Waals surface area contributed by atoms with E-state index >= 15 is 0 Å². The molecular formula is C36H35N3O6S2. The predicted octanol–water partition coefficient (Wildman–Crippen LogP) is 6.75. The summed E-state index contributed by atoms with van der Waals surface area (Å²) in [7, 11) is 1.46. The van der Waals surface area contributed by atoms with Gasteiger partial charge in [0.2, 0.25) is 0 Å². The molecule has 47 heavy (non-hydrogen) atoms. The number of carbonyl (C=O) groups is 2. The third-order valence-electron chi connectivity index (χ3n) is 8.15. The number of hydrogen-bond donors (Lipinski definition) is 1. The molecule has 2 saturated heterocycles. The van der Waals surface area contributed by atoms with Gasteiger partial charge in [0.1, 0.15) is 16.7 Å². The van der Waals surface area contributed by atoms with Crippen molar-refractivity contribution < 1.29 is 28.9 Å². The average Bonchev–Trinajstić information content (AvgIpc) is 3.70. The smallest absolute Gasteiger partial charge is 0.335 e. The number of fused-ring (bicyclic) bond motifs is 1. The second-order valence-electron chi connectivity index (χ2n) is 11.3. The number of hydrogen-bond acceptors (Lipinski definition) is 9. The van der Waals surface area contributed by atoms with Crippen LogP contribution < -0.4 is 14.2 Å². The Morgan fingerprint density at radius 3 is 2.55 bits per heavy atom. The van der Waals surface area contributed by atoms with Crippen molar-refractivity contribution >= 4 is 57.2 Å². The van der Waals surface area contributed by atoms with Gasteiger partial charge < -0.3 is 19.3 Å². The second-order valence-corrected chi connectivity index (χ2v) is 12.9. The lowest BCUT2D eigenvalue weighted by Gasteiger charge is -2.17. The number of methoxy groups -OCH3 is 1. The number of rotatable bonds is 13. The number of carbonyl (C=O) groups excluding carboxylic acids is 1. The van der Waals surface area contributed by atoms with Crippen LogP contribution in [0, 0.1) is 0 Å². The van der Waals surface area contributed by atoms with Crippen molar-refractivity contribution in [1.29, 1.82) is 0 Å². The van der Waals surface area contributed by atoms with Gasteiger partial charge in [-0.3, -0.25) is 19.6 Å². The van der Waals surface area contributed by atoms with Crippen LogP contribution in [0.2, 0.25) is 0 Å². The van der Waals surface area contributed by atoms with E-state index in [1.165, 1.54) is 43.8 Å². The zero-order valence-electron chi connectivity index (χ0n) is 26.0. The maximum Gasteiger partial charge on any atom is 0.335 e. The van der Waals surface area contributed by atoms with Crippen molar-refractivity contribution in [1.82, 2.24) is 14.8 Å². The van der Waals surface area contributed by atoms with Crippen molar-refractivity contribution in [2.45, 2.75) is 19.3 Å². The fraction of sp³-hybridized carbons (Fsp3) is 0.278. The van der Waals surface area contributed by atoms with E-state index in [1.54, 1.807) is 11.0 Å². The highest BCUT2D eigenvalue weighted by molar-refractivity contribution is 8.26. The lowest BCUT2D eigenvalue weighted by molar-refractivity contribution is -0.122. The molecule has 0 spiro atoms. The van der Waals surface area contributed by atoms with E-state index < -0.39 is 5.97 Å². The molecule has 0 bridgehead atoms. The molecule has 0 aliphatic carbocycles. The van der Waals surface area contributed by atoms with Gasteiger partial charge in [-0.25, -0.2) is 4.79 Å². The molecular weight excluding hydrogens is 635 g/mol. The van der Waals surface area contributed by atoms with Gasteiger partial charge >= 0.3 is 5.97 Å². The van der Waals surface area contributed by atoms with Crippen molar-refractivity contribution in [2.24, 2.45) is 0 Å². The number of pyridine rings is 1. The summed E-state index contributed by atoms with van der Waals surface area (Å²) in [5.74, 6) is 0.267. The van der Waals surface area contributed by atoms with E-state index in [-0.39, 0.29) is 18.1 Å². The minimum atomic E-state index is -1.05. The average molecular weight is 670 g/mol. The third kappa shape index (κ3) is 7.75. The highest BCUT2D eigenvalue weighted by Gasteiger charge is 2.32. The van der Waals surface area contributed by atoms with Crippen LogP contribution in [0.25, 0.3) is 28.1 Å². The molecule has 242 valence electrons. The zero-order valence-corrected chi connectivity index (χ0v) is 27.6. The molecule has 2 aliphatic heterocycles. The molecule has 2 aliphatic rings. The van der Waals surface area contributed by atoms with Crippen LogP contribution in [0.1, 0.15) is 35.2 Å². The lowest BCUT2D eigenvalue weighted by atomic mass is 10.0. The number of aromatic carboxylic acids is 1. The van der Waals surface area contributed by atoms with Gasteiger partial charge in [-0.1, -0.05) is 48.2 Å². The molecule has 9 nitrogen and oxygen atoms in total. The van der Waals surface area contributed by atoms with E-state index in [4.69, 9.17) is 26.4 Å². The number of thiocarbonyl (C=S) groups is 1. The zero-order chi connectivity index (χ0) is 32.8. The van der Waals surface area contributed by atoms with Crippen molar-refractivity contribution in [3.8, 4) is 28.4 Å². The molecule has 0 atom stereocenters. The van der Waals surface area contributed by atoms with Gasteiger partial charge in [-0.15, -0.1) is 0 Å². The van der Waals surface area contributed by atoms with Crippen LogP contribution in [-0.2, 0) is 4.79 Å². The minimum Gasteiger partial charge on any atom is -0.493 e. The molecule has 3 aromatic carbocycles. The van der Waals surface area contributed by atoms with Gasteiger partial charge in [0.25, 0.3) is 5.91 Å². The Morgan fingerprint density at radius 2 is 1.74 bits per heavy atom. The molecule has 11 heteroatoms. The lowest BCUT2D eigenvalue weighted by Crippen LogP contribution is -2.30. The van der Waals surface area contributed by atoms with E-state index in [0.29, 0.717) is 46.0 Å². The summed E-state index contributed by atoms with van der Waals surface area (Å²) in [5.41, 5.74) is 3.79. The first-order valence-corrected chi connectivity index (χ1v) is 16.8. The summed E-state index contributed by atoms with van der Waals surface area (Å²) in [4.78, 5) is 34.0. The number of amides is 1. The molecule has 1 amide bonds. The number of aromatic nitrogens is 1. The van der Waals surface area contributed by atoms with Gasteiger partial charge in [0.15, 0.2) is 11.5 Å². The standard InChI is InChI=1S/C36H35N3O6S2/c1-43-32-21-26(35(41)42)10-12-31(32)44-17-6-15-39-34(40)33(47-36(39)46)22-27-19-24(28-20-25-7-2-3-8-29(25)37-23-28)9-11-30(27)45-18-16-38-13-4-5-14-38/h2-3,7-12,19-23H,4-6,13-18H2,1H3,(H,41,42)/b33-22-. The first-order chi connectivity index (χ1) is 22.9. The summed E-state index contributed by atoms with van der Waals surface area (Å²) >= 11 is 6.88. The molecule has 1 N–H and O–H groups in total. The Balaban J connectivity index is 1.17. The van der Waals surface area contributed by atoms with Crippen molar-refractivity contribution in [3.05, 3.63) is 89.0 Å². The predicted molar refractivity (Wildman–Crippen MR) is 188 cm³/mol. The first-order valence-electron chi connectivity index (χ1n) is 15.5. The van der Waals surface area contributed by atoms with Gasteiger partial charge in [-0.05, 0) is 86.5 Å². The highest BCUT2D eigenvalue weighted by Crippen LogP contribution is 2.36. The Morgan fingerprint density at radius 1 is 0.957 bits per heavy atom. The maximum absolute atomic E-state index is 13.6. The van der Waals surface area contributed by atoms with Gasteiger partial charge in [0, 0.05) is 35.8 Å². The van der Waals surface area contributed by atoms with E-state index in [2.05, 4.69) is 16.0 Å². The first kappa shape index (κ1) is 32.5. The number of likely N-dealkylation sites (tertiary alicyclic amines) is 1. The van der Waals surface area contributed by atoms with Crippen LogP contribution in [0.5, 0.6) is 17.2 Å². The third-order valence-corrected chi connectivity index (χ3v) is 9.53. The minimum absolute atomic E-state index is 0.109. The molecule has 6 rings (SSSR count). The number of para-hydroxylation sites is 1. The number of benzene rings is 3. The Kier molecular flexibility index (Phi) is 10.4. The quantitative estimate of drug-likeness (QED) is 0.0935. The van der Waals surface area contributed by atoms with Gasteiger partial charge in [0.05, 0.1) is 29.7 Å². The molecule has 0 unspecified atom stereocenters. The second kappa shape index (κ2) is 15.0. The van der Waals surface area contributed by atoms with E-state index in [1.807, 2.05) is 54.7 Å². The molecule has 1 aromatic heterocycles. The van der Waals surface area contributed by atoms with Crippen LogP contribution in [-0.4, -0.2) is 82.6 Å². The number of carboxylic acids is 1. The summed E-state index contributed by atoms with van der Waals surface area (Å²) in [5, 5.41) is 10.3. The van der Waals surface area contributed by atoms with Crippen molar-refractivity contribution in [3.63, 3.8) is 0 Å². The molecule has 0 saturated carbocycles. The number of carboxylic acid groups (broad SMARTS) is 1. The van der Waals surface area contributed by atoms with E-state index in [9.17, 15) is 14.7 Å². The largest absolute Gasteiger partial charge is 0.493 e. The Bertz CT molecular complexity index is 1840. The van der Waals surface area contributed by atoms with E-state index in [0.717, 1.165) is 47.2 Å². The fourth-order valence-electron chi connectivity index (χ4n) is 5.65. The monoisotopic (exact) mass is 669 g/mol. The van der Waals surface area contributed by atoms with Crippen LogP contribution in [0.15, 0.2) is 77.8 Å². The van der Waals surface area contributed by atoms with Crippen LogP contribution in [0.4, 0.5) is 0 Å². The Hall–Kier alpha value is -4.45. The molecule has 3 heterocycles. The molecule has 4 aromatic rings. The van der Waals surface area contributed by atoms with Gasteiger partial charge in [-0.2, -0.15) is 0 Å². The maximum atomic E-state index is 13.6. The molecule has 2 fully saturated rings. The van der Waals surface area contributed by atoms with Crippen LogP contribution >= 0.6 is 24.0 Å². The summed E-state index contributed by atoms with van der Waals surface area (Å²) in [6.07, 6.45) is 6.70. The number of thioether (sulfide) groups is 1. The van der Waals surface area contributed by atoms with Crippen LogP contribution in [0.3, 0.4) is 0 Å². The molecule has 0 radical (unpaired) electrons. The normalized spacial score (nSPS) is 15.9. The number of nitrogens with zero attached hydrogens (tertiary/aromatic N) is 3.